The van der Waals surface area contributed by atoms with Crippen molar-refractivity contribution < 1.29 is 19.1 Å². The lowest BCUT2D eigenvalue weighted by molar-refractivity contribution is 0.0697. The van der Waals surface area contributed by atoms with E-state index in [1.807, 2.05) is 0 Å². The van der Waals surface area contributed by atoms with Gasteiger partial charge in [-0.15, -0.1) is 0 Å². The lowest BCUT2D eigenvalue weighted by Gasteiger charge is -2.09. The Bertz CT molecular complexity index is 683. The Morgan fingerprint density at radius 3 is 2.45 bits per heavy atom. The van der Waals surface area contributed by atoms with Crippen molar-refractivity contribution in [1.82, 2.24) is 0 Å². The van der Waals surface area contributed by atoms with Gasteiger partial charge in [0.15, 0.2) is 0 Å². The number of amides is 1. The molecule has 102 valence electrons. The molecule has 0 saturated carbocycles. The molecular formula is C15H12FNO3. The Morgan fingerprint density at radius 2 is 1.75 bits per heavy atom. The summed E-state index contributed by atoms with van der Waals surface area (Å²) < 4.78 is 13.4. The molecule has 2 aromatic rings. The van der Waals surface area contributed by atoms with Crippen molar-refractivity contribution in [2.75, 3.05) is 5.32 Å². The molecule has 0 bridgehead atoms. The van der Waals surface area contributed by atoms with Gasteiger partial charge in [0.2, 0.25) is 0 Å². The van der Waals surface area contributed by atoms with Gasteiger partial charge in [0, 0.05) is 16.8 Å². The van der Waals surface area contributed by atoms with E-state index in [1.165, 1.54) is 36.4 Å². The van der Waals surface area contributed by atoms with Crippen LogP contribution in [0.1, 0.15) is 26.3 Å². The molecule has 0 radical (unpaired) electrons. The van der Waals surface area contributed by atoms with E-state index in [9.17, 15) is 14.0 Å². The largest absolute Gasteiger partial charge is 0.478 e. The first-order valence-corrected chi connectivity index (χ1v) is 5.89. The fourth-order valence-electron chi connectivity index (χ4n) is 1.73. The molecule has 0 atom stereocenters. The molecule has 0 aliphatic rings. The van der Waals surface area contributed by atoms with E-state index in [2.05, 4.69) is 5.32 Å². The molecule has 0 saturated heterocycles. The summed E-state index contributed by atoms with van der Waals surface area (Å²) in [6, 6.07) is 10.0. The van der Waals surface area contributed by atoms with Crippen LogP contribution in [0.3, 0.4) is 0 Å². The third kappa shape index (κ3) is 2.83. The number of hydrogen-bond acceptors (Lipinski definition) is 2. The summed E-state index contributed by atoms with van der Waals surface area (Å²) in [5.74, 6) is -2.01. The first kappa shape index (κ1) is 13.7. The number of nitrogens with one attached hydrogen (secondary N) is 1. The molecule has 2 aromatic carbocycles. The Labute approximate surface area is 114 Å². The van der Waals surface area contributed by atoms with Crippen LogP contribution in [0.4, 0.5) is 10.1 Å². The van der Waals surface area contributed by atoms with E-state index in [0.29, 0.717) is 11.3 Å². The average Bonchev–Trinajstić information content (AvgIpc) is 2.44. The van der Waals surface area contributed by atoms with Crippen molar-refractivity contribution in [2.24, 2.45) is 0 Å². The zero-order chi connectivity index (χ0) is 14.7. The van der Waals surface area contributed by atoms with Gasteiger partial charge in [-0.05, 0) is 37.3 Å². The second-order valence-corrected chi connectivity index (χ2v) is 4.25. The van der Waals surface area contributed by atoms with Crippen molar-refractivity contribution in [2.45, 2.75) is 6.92 Å². The number of carboxylic acids is 1. The normalized spacial score (nSPS) is 10.1. The number of halogens is 1. The molecule has 5 heteroatoms. The van der Waals surface area contributed by atoms with Crippen LogP contribution in [0.5, 0.6) is 0 Å². The Kier molecular flexibility index (Phi) is 3.79. The Balaban J connectivity index is 2.26. The molecule has 2 rings (SSSR count). The van der Waals surface area contributed by atoms with Crippen LogP contribution in [0.2, 0.25) is 0 Å². The first-order valence-electron chi connectivity index (χ1n) is 5.89. The number of carbonyl (C=O) groups is 2. The second-order valence-electron chi connectivity index (χ2n) is 4.25. The fourth-order valence-corrected chi connectivity index (χ4v) is 1.73. The lowest BCUT2D eigenvalue weighted by Crippen LogP contribution is -2.14. The highest BCUT2D eigenvalue weighted by molar-refractivity contribution is 6.05. The fraction of sp³-hybridized carbons (Fsp3) is 0.0667. The van der Waals surface area contributed by atoms with Crippen molar-refractivity contribution in [3.8, 4) is 0 Å². The molecule has 4 nitrogen and oxygen atoms in total. The van der Waals surface area contributed by atoms with Crippen LogP contribution in [-0.4, -0.2) is 17.0 Å². The quantitative estimate of drug-likeness (QED) is 0.903. The van der Waals surface area contributed by atoms with E-state index < -0.39 is 17.7 Å². The van der Waals surface area contributed by atoms with Crippen LogP contribution >= 0.6 is 0 Å². The number of hydrogen-bond donors (Lipinski definition) is 2. The SMILES string of the molecule is Cc1c(F)cccc1NC(=O)c1cccc(C(=O)O)c1. The number of carboxylic acid groups (broad SMARTS) is 1. The molecule has 0 aromatic heterocycles. The predicted molar refractivity (Wildman–Crippen MR) is 72.5 cm³/mol. The van der Waals surface area contributed by atoms with Crippen LogP contribution in [0, 0.1) is 12.7 Å². The summed E-state index contributed by atoms with van der Waals surface area (Å²) in [6.07, 6.45) is 0. The highest BCUT2D eigenvalue weighted by Crippen LogP contribution is 2.18. The molecule has 1 amide bonds. The number of aromatic carboxylic acids is 1. The van der Waals surface area contributed by atoms with Crippen molar-refractivity contribution in [1.29, 1.82) is 0 Å². The molecule has 0 aliphatic heterocycles. The minimum Gasteiger partial charge on any atom is -0.478 e. The van der Waals surface area contributed by atoms with Gasteiger partial charge in [0.05, 0.1) is 5.56 Å². The summed E-state index contributed by atoms with van der Waals surface area (Å²) in [6.45, 7) is 1.55. The zero-order valence-electron chi connectivity index (χ0n) is 10.7. The van der Waals surface area contributed by atoms with Gasteiger partial charge in [-0.3, -0.25) is 4.79 Å². The zero-order valence-corrected chi connectivity index (χ0v) is 10.7. The van der Waals surface area contributed by atoms with Crippen LogP contribution in [0.25, 0.3) is 0 Å². The third-order valence-corrected chi connectivity index (χ3v) is 2.89. The van der Waals surface area contributed by atoms with Crippen molar-refractivity contribution >= 4 is 17.6 Å². The Morgan fingerprint density at radius 1 is 1.10 bits per heavy atom. The topological polar surface area (TPSA) is 66.4 Å². The standard InChI is InChI=1S/C15H12FNO3/c1-9-12(16)6-3-7-13(9)17-14(18)10-4-2-5-11(8-10)15(19)20/h2-8H,1H3,(H,17,18)(H,19,20). The molecule has 0 aliphatic carbocycles. The van der Waals surface area contributed by atoms with Crippen LogP contribution < -0.4 is 5.32 Å². The highest BCUT2D eigenvalue weighted by atomic mass is 19.1. The van der Waals surface area contributed by atoms with E-state index >= 15 is 0 Å². The number of carbonyl (C=O) groups excluding carboxylic acids is 1. The van der Waals surface area contributed by atoms with Gasteiger partial charge in [-0.2, -0.15) is 0 Å². The van der Waals surface area contributed by atoms with Gasteiger partial charge in [0.25, 0.3) is 5.91 Å². The van der Waals surface area contributed by atoms with E-state index in [1.54, 1.807) is 13.0 Å². The van der Waals surface area contributed by atoms with Gasteiger partial charge in [0.1, 0.15) is 5.82 Å². The monoisotopic (exact) mass is 273 g/mol. The predicted octanol–water partition coefficient (Wildman–Crippen LogP) is 3.08. The third-order valence-electron chi connectivity index (χ3n) is 2.89. The van der Waals surface area contributed by atoms with Gasteiger partial charge < -0.3 is 10.4 Å². The van der Waals surface area contributed by atoms with E-state index in [-0.39, 0.29) is 11.1 Å². The summed E-state index contributed by atoms with van der Waals surface area (Å²) in [7, 11) is 0. The molecule has 0 unspecified atom stereocenters. The smallest absolute Gasteiger partial charge is 0.335 e. The average molecular weight is 273 g/mol. The maximum Gasteiger partial charge on any atom is 0.335 e. The van der Waals surface area contributed by atoms with E-state index in [4.69, 9.17) is 5.11 Å². The summed E-state index contributed by atoms with van der Waals surface area (Å²) in [5, 5.41) is 11.4. The highest BCUT2D eigenvalue weighted by Gasteiger charge is 2.11. The van der Waals surface area contributed by atoms with Gasteiger partial charge >= 0.3 is 5.97 Å². The van der Waals surface area contributed by atoms with Crippen molar-refractivity contribution in [3.05, 3.63) is 65.0 Å². The molecular weight excluding hydrogens is 261 g/mol. The first-order chi connectivity index (χ1) is 9.49. The second kappa shape index (κ2) is 5.52. The maximum atomic E-state index is 13.4. The molecule has 0 spiro atoms. The molecule has 20 heavy (non-hydrogen) atoms. The van der Waals surface area contributed by atoms with Crippen molar-refractivity contribution in [3.63, 3.8) is 0 Å². The van der Waals surface area contributed by atoms with Crippen LogP contribution in [-0.2, 0) is 0 Å². The summed E-state index contributed by atoms with van der Waals surface area (Å²) >= 11 is 0. The lowest BCUT2D eigenvalue weighted by atomic mass is 10.1. The number of benzene rings is 2. The molecule has 0 heterocycles. The van der Waals surface area contributed by atoms with Gasteiger partial charge in [-0.25, -0.2) is 9.18 Å². The summed E-state index contributed by atoms with van der Waals surface area (Å²) in [5.41, 5.74) is 0.910. The van der Waals surface area contributed by atoms with Crippen LogP contribution in [0.15, 0.2) is 42.5 Å². The molecule has 2 N–H and O–H groups in total. The van der Waals surface area contributed by atoms with Gasteiger partial charge in [-0.1, -0.05) is 12.1 Å². The number of rotatable bonds is 3. The number of anilines is 1. The summed E-state index contributed by atoms with van der Waals surface area (Å²) in [4.78, 5) is 22.9. The minimum absolute atomic E-state index is 0.0219. The molecule has 0 fully saturated rings. The minimum atomic E-state index is -1.11. The Hall–Kier alpha value is -2.69. The maximum absolute atomic E-state index is 13.4. The van der Waals surface area contributed by atoms with E-state index in [0.717, 1.165) is 0 Å².